The van der Waals surface area contributed by atoms with Crippen molar-refractivity contribution in [3.63, 3.8) is 0 Å². The predicted octanol–water partition coefficient (Wildman–Crippen LogP) is 1.73. The first-order valence-corrected chi connectivity index (χ1v) is 2.12. The smallest absolute Gasteiger partial charge is 0.148 e. The van der Waals surface area contributed by atoms with E-state index in [0.29, 0.717) is 6.42 Å². The SMILES string of the molecule is C=C([O])CCC. The summed E-state index contributed by atoms with van der Waals surface area (Å²) in [5, 5.41) is 9.93. The summed E-state index contributed by atoms with van der Waals surface area (Å²) in [6, 6.07) is 0. The van der Waals surface area contributed by atoms with Gasteiger partial charge < -0.3 is 0 Å². The first-order valence-electron chi connectivity index (χ1n) is 2.12. The molecule has 0 saturated heterocycles. The zero-order chi connectivity index (χ0) is 4.99. The van der Waals surface area contributed by atoms with Crippen molar-refractivity contribution in [1.29, 1.82) is 0 Å². The number of hydrogen-bond acceptors (Lipinski definition) is 0. The summed E-state index contributed by atoms with van der Waals surface area (Å²) in [4.78, 5) is 0. The van der Waals surface area contributed by atoms with Gasteiger partial charge in [-0.2, -0.15) is 0 Å². The van der Waals surface area contributed by atoms with Crippen molar-refractivity contribution in [2.75, 3.05) is 0 Å². The highest BCUT2D eigenvalue weighted by Crippen LogP contribution is 1.94. The second-order valence-electron chi connectivity index (χ2n) is 1.29. The Morgan fingerprint density at radius 2 is 2.33 bits per heavy atom. The van der Waals surface area contributed by atoms with Crippen LogP contribution >= 0.6 is 0 Å². The van der Waals surface area contributed by atoms with Gasteiger partial charge in [0.25, 0.3) is 0 Å². The lowest BCUT2D eigenvalue weighted by Gasteiger charge is -1.81. The molecule has 0 fully saturated rings. The minimum absolute atomic E-state index is 0.0394. The normalized spacial score (nSPS) is 8.17. The fourth-order valence-electron chi connectivity index (χ4n) is 0.279. The molecule has 0 unspecified atom stereocenters. The average molecular weight is 85.1 g/mol. The summed E-state index contributed by atoms with van der Waals surface area (Å²) >= 11 is 0. The number of rotatable bonds is 2. The van der Waals surface area contributed by atoms with Crippen LogP contribution in [0.4, 0.5) is 0 Å². The molecular formula is C5H9O. The summed E-state index contributed by atoms with van der Waals surface area (Å²) in [5.41, 5.74) is 0. The Labute approximate surface area is 38.3 Å². The standard InChI is InChI=1S/C5H9O/c1-3-4-5(2)6/h2-4H2,1H3. The molecule has 1 radical (unpaired) electrons. The summed E-state index contributed by atoms with van der Waals surface area (Å²) in [6.45, 7) is 5.15. The van der Waals surface area contributed by atoms with Gasteiger partial charge in [0.15, 0.2) is 0 Å². The molecule has 0 aliphatic heterocycles. The monoisotopic (exact) mass is 85.1 g/mol. The zero-order valence-electron chi connectivity index (χ0n) is 4.03. The summed E-state index contributed by atoms with van der Waals surface area (Å²) in [5.74, 6) is 0.0394. The molecule has 35 valence electrons. The highest BCUT2D eigenvalue weighted by atomic mass is 16.3. The summed E-state index contributed by atoms with van der Waals surface area (Å²) < 4.78 is 0. The minimum Gasteiger partial charge on any atom is -0.296 e. The Hall–Kier alpha value is -0.460. The van der Waals surface area contributed by atoms with Gasteiger partial charge in [-0.05, 0) is 6.42 Å². The molecule has 1 heteroatoms. The maximum atomic E-state index is 9.93. The van der Waals surface area contributed by atoms with Crippen LogP contribution in [0.25, 0.3) is 0 Å². The van der Waals surface area contributed by atoms with E-state index in [-0.39, 0.29) is 5.76 Å². The van der Waals surface area contributed by atoms with Gasteiger partial charge in [0.1, 0.15) is 5.76 Å². The third kappa shape index (κ3) is 3.54. The Morgan fingerprint density at radius 3 is 2.33 bits per heavy atom. The molecule has 0 amide bonds. The van der Waals surface area contributed by atoms with Crippen LogP contribution < -0.4 is 0 Å². The predicted molar refractivity (Wildman–Crippen MR) is 24.7 cm³/mol. The van der Waals surface area contributed by atoms with E-state index in [1.807, 2.05) is 6.92 Å². The first kappa shape index (κ1) is 5.54. The van der Waals surface area contributed by atoms with E-state index >= 15 is 0 Å². The highest BCUT2D eigenvalue weighted by Gasteiger charge is 1.82. The fraction of sp³-hybridized carbons (Fsp3) is 0.600. The third-order valence-corrected chi connectivity index (χ3v) is 0.529. The molecule has 0 N–H and O–H groups in total. The van der Waals surface area contributed by atoms with Gasteiger partial charge in [-0.1, -0.05) is 13.5 Å². The van der Waals surface area contributed by atoms with E-state index in [0.717, 1.165) is 6.42 Å². The Kier molecular flexibility index (Phi) is 2.55. The van der Waals surface area contributed by atoms with Crippen molar-refractivity contribution in [1.82, 2.24) is 0 Å². The van der Waals surface area contributed by atoms with Gasteiger partial charge in [-0.25, -0.2) is 0 Å². The van der Waals surface area contributed by atoms with Crippen LogP contribution in [0, 0.1) is 0 Å². The molecule has 0 atom stereocenters. The van der Waals surface area contributed by atoms with Crippen LogP contribution in [0.1, 0.15) is 19.8 Å². The number of hydrogen-bond donors (Lipinski definition) is 0. The molecule has 0 aromatic rings. The Morgan fingerprint density at radius 1 is 1.83 bits per heavy atom. The second-order valence-corrected chi connectivity index (χ2v) is 1.29. The lowest BCUT2D eigenvalue weighted by Crippen LogP contribution is -1.69. The van der Waals surface area contributed by atoms with E-state index < -0.39 is 0 Å². The van der Waals surface area contributed by atoms with Crippen molar-refractivity contribution in [2.45, 2.75) is 19.8 Å². The van der Waals surface area contributed by atoms with Gasteiger partial charge >= 0.3 is 0 Å². The van der Waals surface area contributed by atoms with E-state index in [2.05, 4.69) is 6.58 Å². The van der Waals surface area contributed by atoms with Gasteiger partial charge in [-0.3, -0.25) is 5.11 Å². The minimum atomic E-state index is 0.0394. The average Bonchev–Trinajstić information content (AvgIpc) is 1.35. The number of allylic oxidation sites excluding steroid dienone is 1. The molecule has 1 nitrogen and oxygen atoms in total. The maximum Gasteiger partial charge on any atom is 0.148 e. The van der Waals surface area contributed by atoms with Crippen LogP contribution in [-0.2, 0) is 5.11 Å². The largest absolute Gasteiger partial charge is 0.296 e. The van der Waals surface area contributed by atoms with E-state index in [4.69, 9.17) is 0 Å². The quantitative estimate of drug-likeness (QED) is 0.455. The summed E-state index contributed by atoms with van der Waals surface area (Å²) in [6.07, 6.45) is 1.54. The van der Waals surface area contributed by atoms with Crippen LogP contribution in [-0.4, -0.2) is 0 Å². The molecule has 0 bridgehead atoms. The lowest BCUT2D eigenvalue weighted by molar-refractivity contribution is 0.283. The van der Waals surface area contributed by atoms with Crippen molar-refractivity contribution in [3.05, 3.63) is 12.3 Å². The second kappa shape index (κ2) is 2.76. The van der Waals surface area contributed by atoms with Gasteiger partial charge in [0.2, 0.25) is 0 Å². The van der Waals surface area contributed by atoms with Crippen LogP contribution in [0.5, 0.6) is 0 Å². The van der Waals surface area contributed by atoms with Gasteiger partial charge in [0.05, 0.1) is 0 Å². The first-order chi connectivity index (χ1) is 2.77. The van der Waals surface area contributed by atoms with E-state index in [1.165, 1.54) is 0 Å². The Balaban J connectivity index is 2.83. The van der Waals surface area contributed by atoms with Crippen molar-refractivity contribution in [2.24, 2.45) is 0 Å². The van der Waals surface area contributed by atoms with Crippen molar-refractivity contribution >= 4 is 0 Å². The van der Waals surface area contributed by atoms with Gasteiger partial charge in [-0.15, -0.1) is 0 Å². The summed E-state index contributed by atoms with van der Waals surface area (Å²) in [7, 11) is 0. The zero-order valence-corrected chi connectivity index (χ0v) is 4.03. The molecular weight excluding hydrogens is 76.1 g/mol. The molecule has 0 spiro atoms. The molecule has 0 aromatic carbocycles. The van der Waals surface area contributed by atoms with Gasteiger partial charge in [0, 0.05) is 6.42 Å². The molecule has 0 aromatic heterocycles. The van der Waals surface area contributed by atoms with Crippen molar-refractivity contribution < 1.29 is 5.11 Å². The molecule has 0 aliphatic carbocycles. The van der Waals surface area contributed by atoms with E-state index in [9.17, 15) is 5.11 Å². The molecule has 0 aliphatic rings. The lowest BCUT2D eigenvalue weighted by atomic mass is 10.3. The fourth-order valence-corrected chi connectivity index (χ4v) is 0.279. The maximum absolute atomic E-state index is 9.93. The Bertz CT molecular complexity index is 47.9. The molecule has 0 heterocycles. The van der Waals surface area contributed by atoms with E-state index in [1.54, 1.807) is 0 Å². The van der Waals surface area contributed by atoms with Crippen LogP contribution in [0.3, 0.4) is 0 Å². The highest BCUT2D eigenvalue weighted by molar-refractivity contribution is 4.75. The topological polar surface area (TPSA) is 19.9 Å². The van der Waals surface area contributed by atoms with Crippen molar-refractivity contribution in [3.8, 4) is 0 Å². The molecule has 0 rings (SSSR count). The molecule has 0 saturated carbocycles. The third-order valence-electron chi connectivity index (χ3n) is 0.529. The van der Waals surface area contributed by atoms with Crippen LogP contribution in [0.15, 0.2) is 12.3 Å². The molecule has 6 heavy (non-hydrogen) atoms. The van der Waals surface area contributed by atoms with Crippen LogP contribution in [0.2, 0.25) is 0 Å².